The highest BCUT2D eigenvalue weighted by Gasteiger charge is 2.21. The zero-order chi connectivity index (χ0) is 20.8. The van der Waals surface area contributed by atoms with E-state index in [1.54, 1.807) is 47.4 Å². The first-order valence-electron chi connectivity index (χ1n) is 9.84. The minimum absolute atomic E-state index is 0.106. The van der Waals surface area contributed by atoms with E-state index >= 15 is 0 Å². The lowest BCUT2D eigenvalue weighted by Gasteiger charge is -2.27. The second-order valence-corrected chi connectivity index (χ2v) is 7.93. The fraction of sp³-hybridized carbons (Fsp3) is 0.348. The van der Waals surface area contributed by atoms with Crippen LogP contribution in [-0.4, -0.2) is 30.3 Å². The van der Waals surface area contributed by atoms with Gasteiger partial charge >= 0.3 is 0 Å². The van der Waals surface area contributed by atoms with Gasteiger partial charge in [-0.2, -0.15) is 5.26 Å². The number of carbonyl (C=O) groups excluding carboxylic acids is 2. The van der Waals surface area contributed by atoms with Crippen molar-refractivity contribution in [2.75, 3.05) is 18.9 Å². The number of nitriles is 1. The predicted octanol–water partition coefficient (Wildman–Crippen LogP) is 5.12. The molecule has 1 aliphatic carbocycles. The monoisotopic (exact) mass is 409 g/mol. The Bertz CT molecular complexity index is 928. The van der Waals surface area contributed by atoms with Crippen LogP contribution in [0.1, 0.15) is 58.4 Å². The maximum Gasteiger partial charge on any atom is 0.255 e. The van der Waals surface area contributed by atoms with Gasteiger partial charge in [-0.25, -0.2) is 0 Å². The molecule has 0 unspecified atom stereocenters. The van der Waals surface area contributed by atoms with Gasteiger partial charge in [0.2, 0.25) is 0 Å². The molecule has 5 nitrogen and oxygen atoms in total. The molecule has 29 heavy (non-hydrogen) atoms. The summed E-state index contributed by atoms with van der Waals surface area (Å²) < 4.78 is 0. The van der Waals surface area contributed by atoms with Crippen LogP contribution in [0.5, 0.6) is 0 Å². The van der Waals surface area contributed by atoms with E-state index in [0.717, 1.165) is 6.54 Å². The van der Waals surface area contributed by atoms with E-state index in [4.69, 9.17) is 16.9 Å². The number of hydrogen-bond donors (Lipinski definition) is 1. The van der Waals surface area contributed by atoms with Gasteiger partial charge in [0.1, 0.15) is 0 Å². The van der Waals surface area contributed by atoms with Crippen LogP contribution in [0.4, 0.5) is 5.69 Å². The summed E-state index contributed by atoms with van der Waals surface area (Å²) >= 11 is 6.35. The molecule has 0 aromatic heterocycles. The molecule has 3 rings (SSSR count). The lowest BCUT2D eigenvalue weighted by molar-refractivity contribution is 0.0760. The minimum Gasteiger partial charge on any atom is -0.341 e. The van der Waals surface area contributed by atoms with E-state index in [-0.39, 0.29) is 11.8 Å². The molecule has 150 valence electrons. The molecule has 0 radical (unpaired) electrons. The number of rotatable bonds is 5. The van der Waals surface area contributed by atoms with Crippen molar-refractivity contribution in [3.8, 4) is 6.07 Å². The molecule has 0 bridgehead atoms. The second-order valence-electron chi connectivity index (χ2n) is 7.53. The summed E-state index contributed by atoms with van der Waals surface area (Å²) in [6.07, 6.45) is 6.11. The van der Waals surface area contributed by atoms with Crippen molar-refractivity contribution in [1.29, 1.82) is 5.26 Å². The molecule has 0 aliphatic heterocycles. The largest absolute Gasteiger partial charge is 0.341 e. The van der Waals surface area contributed by atoms with Crippen molar-refractivity contribution in [2.45, 2.75) is 32.1 Å². The van der Waals surface area contributed by atoms with E-state index in [0.29, 0.717) is 33.3 Å². The zero-order valence-electron chi connectivity index (χ0n) is 16.5. The summed E-state index contributed by atoms with van der Waals surface area (Å²) in [7, 11) is 1.81. The van der Waals surface area contributed by atoms with Crippen LogP contribution in [0.3, 0.4) is 0 Å². The Kier molecular flexibility index (Phi) is 6.90. The van der Waals surface area contributed by atoms with Crippen molar-refractivity contribution in [3.05, 3.63) is 64.2 Å². The van der Waals surface area contributed by atoms with Crippen LogP contribution in [0, 0.1) is 17.2 Å². The molecular weight excluding hydrogens is 386 g/mol. The molecule has 6 heteroatoms. The Morgan fingerprint density at radius 3 is 2.45 bits per heavy atom. The van der Waals surface area contributed by atoms with Gasteiger partial charge in [0.05, 0.1) is 22.2 Å². The Morgan fingerprint density at radius 2 is 1.83 bits per heavy atom. The van der Waals surface area contributed by atoms with Gasteiger partial charge in [-0.05, 0) is 61.2 Å². The van der Waals surface area contributed by atoms with Gasteiger partial charge in [-0.1, -0.05) is 30.9 Å². The topological polar surface area (TPSA) is 73.2 Å². The normalized spacial score (nSPS) is 14.1. The molecule has 0 heterocycles. The highest BCUT2D eigenvalue weighted by molar-refractivity contribution is 6.34. The average molecular weight is 410 g/mol. The molecule has 1 N–H and O–H groups in total. The fourth-order valence-electron chi connectivity index (χ4n) is 3.71. The molecule has 0 atom stereocenters. The molecule has 1 saturated carbocycles. The molecule has 2 aromatic carbocycles. The minimum atomic E-state index is -0.306. The Morgan fingerprint density at radius 1 is 1.14 bits per heavy atom. The van der Waals surface area contributed by atoms with Gasteiger partial charge in [-0.3, -0.25) is 9.59 Å². The number of hydrogen-bond acceptors (Lipinski definition) is 3. The highest BCUT2D eigenvalue weighted by Crippen LogP contribution is 2.26. The molecule has 0 saturated heterocycles. The number of nitrogens with one attached hydrogen (secondary N) is 1. The number of halogens is 1. The Balaban J connectivity index is 1.64. The maximum atomic E-state index is 12.8. The number of anilines is 1. The zero-order valence-corrected chi connectivity index (χ0v) is 17.2. The lowest BCUT2D eigenvalue weighted by Crippen LogP contribution is -2.32. The lowest BCUT2D eigenvalue weighted by atomic mass is 9.89. The number of amides is 2. The first-order valence-corrected chi connectivity index (χ1v) is 10.2. The maximum absolute atomic E-state index is 12.8. The summed E-state index contributed by atoms with van der Waals surface area (Å²) in [6.45, 7) is 0.742. The van der Waals surface area contributed by atoms with E-state index in [2.05, 4.69) is 5.32 Å². The van der Waals surface area contributed by atoms with Crippen LogP contribution >= 0.6 is 11.6 Å². The SMILES string of the molecule is CN(CC1CCCCC1)C(=O)c1ccc(NC(=O)c2ccc(C#N)cc2)cc1Cl. The van der Waals surface area contributed by atoms with E-state index in [9.17, 15) is 9.59 Å². The Labute approximate surface area is 176 Å². The summed E-state index contributed by atoms with van der Waals surface area (Å²) in [5, 5.41) is 11.9. The van der Waals surface area contributed by atoms with Crippen molar-refractivity contribution < 1.29 is 9.59 Å². The number of benzene rings is 2. The average Bonchev–Trinajstić information content (AvgIpc) is 2.74. The summed E-state index contributed by atoms with van der Waals surface area (Å²) in [5.41, 5.74) is 1.87. The van der Waals surface area contributed by atoms with Crippen molar-refractivity contribution in [1.82, 2.24) is 4.90 Å². The molecule has 1 aliphatic rings. The first-order chi connectivity index (χ1) is 14.0. The van der Waals surface area contributed by atoms with Gasteiger partial charge in [-0.15, -0.1) is 0 Å². The van der Waals surface area contributed by atoms with E-state index in [1.165, 1.54) is 32.1 Å². The first kappa shape index (κ1) is 20.9. The predicted molar refractivity (Wildman–Crippen MR) is 114 cm³/mol. The number of nitrogens with zero attached hydrogens (tertiary/aromatic N) is 2. The highest BCUT2D eigenvalue weighted by atomic mass is 35.5. The molecule has 2 amide bonds. The van der Waals surface area contributed by atoms with Crippen LogP contribution in [-0.2, 0) is 0 Å². The summed E-state index contributed by atoms with van der Waals surface area (Å²) in [6, 6.07) is 13.3. The van der Waals surface area contributed by atoms with Crippen LogP contribution in [0.25, 0.3) is 0 Å². The second kappa shape index (κ2) is 9.58. The summed E-state index contributed by atoms with van der Waals surface area (Å²) in [4.78, 5) is 26.9. The molecular formula is C23H24ClN3O2. The van der Waals surface area contributed by atoms with Crippen LogP contribution in [0.2, 0.25) is 5.02 Å². The van der Waals surface area contributed by atoms with Crippen LogP contribution in [0.15, 0.2) is 42.5 Å². The van der Waals surface area contributed by atoms with Crippen LogP contribution < -0.4 is 5.32 Å². The quantitative estimate of drug-likeness (QED) is 0.745. The number of carbonyl (C=O) groups is 2. The van der Waals surface area contributed by atoms with Crippen molar-refractivity contribution in [3.63, 3.8) is 0 Å². The van der Waals surface area contributed by atoms with Gasteiger partial charge < -0.3 is 10.2 Å². The molecule has 0 spiro atoms. The molecule has 1 fully saturated rings. The third-order valence-electron chi connectivity index (χ3n) is 5.34. The molecule has 2 aromatic rings. The van der Waals surface area contributed by atoms with Gasteiger partial charge in [0.25, 0.3) is 11.8 Å². The Hall–Kier alpha value is -2.84. The van der Waals surface area contributed by atoms with E-state index in [1.807, 2.05) is 13.1 Å². The third kappa shape index (κ3) is 5.36. The van der Waals surface area contributed by atoms with Crippen molar-refractivity contribution in [2.24, 2.45) is 5.92 Å². The van der Waals surface area contributed by atoms with E-state index < -0.39 is 0 Å². The standard InChI is InChI=1S/C23H24ClN3O2/c1-27(15-17-5-3-2-4-6-17)23(29)20-12-11-19(13-21(20)24)26-22(28)18-9-7-16(14-25)8-10-18/h7-13,17H,2-6,15H2,1H3,(H,26,28). The van der Waals surface area contributed by atoms with Gasteiger partial charge in [0, 0.05) is 24.8 Å². The summed E-state index contributed by atoms with van der Waals surface area (Å²) in [5.74, 6) is 0.145. The van der Waals surface area contributed by atoms with Crippen molar-refractivity contribution >= 4 is 29.1 Å². The smallest absolute Gasteiger partial charge is 0.255 e. The fourth-order valence-corrected chi connectivity index (χ4v) is 3.97. The van der Waals surface area contributed by atoms with Gasteiger partial charge in [0.15, 0.2) is 0 Å². The third-order valence-corrected chi connectivity index (χ3v) is 5.65.